The highest BCUT2D eigenvalue weighted by Crippen LogP contribution is 2.38. The topological polar surface area (TPSA) is 0 Å². The summed E-state index contributed by atoms with van der Waals surface area (Å²) in [5, 5.41) is 0.957. The van der Waals surface area contributed by atoms with Crippen molar-refractivity contribution >= 4 is 11.6 Å². The molecule has 0 saturated heterocycles. The lowest BCUT2D eigenvalue weighted by molar-refractivity contribution is 0.212. The van der Waals surface area contributed by atoms with E-state index in [1.165, 1.54) is 86.5 Å². The molecule has 0 aromatic heterocycles. The van der Waals surface area contributed by atoms with E-state index in [1.807, 2.05) is 0 Å². The molecule has 1 rings (SSSR count). The van der Waals surface area contributed by atoms with Gasteiger partial charge in [0.1, 0.15) is 0 Å². The van der Waals surface area contributed by atoms with Gasteiger partial charge in [-0.05, 0) is 86.0 Å². The van der Waals surface area contributed by atoms with Crippen molar-refractivity contribution in [3.05, 3.63) is 33.3 Å². The molecule has 0 aliphatic carbocycles. The van der Waals surface area contributed by atoms with Gasteiger partial charge in [0.15, 0.2) is 0 Å². The first-order valence-electron chi connectivity index (χ1n) is 11.7. The molecule has 0 N–H and O–H groups in total. The summed E-state index contributed by atoms with van der Waals surface area (Å²) in [6.45, 7) is 18.7. The predicted octanol–water partition coefficient (Wildman–Crippen LogP) is 9.78. The Hall–Kier alpha value is -0.490. The fourth-order valence-electron chi connectivity index (χ4n) is 4.36. The summed E-state index contributed by atoms with van der Waals surface area (Å²) in [6.07, 6.45) is 14.8. The first-order chi connectivity index (χ1) is 13.0. The van der Waals surface area contributed by atoms with Crippen molar-refractivity contribution in [1.82, 2.24) is 0 Å². The van der Waals surface area contributed by atoms with E-state index in [2.05, 4.69) is 61.5 Å². The summed E-state index contributed by atoms with van der Waals surface area (Å²) >= 11 is 6.51. The van der Waals surface area contributed by atoms with Crippen LogP contribution in [0.2, 0.25) is 5.02 Å². The van der Waals surface area contributed by atoms with E-state index in [9.17, 15) is 0 Å². The van der Waals surface area contributed by atoms with E-state index in [-0.39, 0.29) is 0 Å². The Morgan fingerprint density at radius 3 is 1.86 bits per heavy atom. The maximum Gasteiger partial charge on any atom is 0.0467 e. The Morgan fingerprint density at radius 1 is 0.714 bits per heavy atom. The maximum absolute atomic E-state index is 6.51. The van der Waals surface area contributed by atoms with Crippen molar-refractivity contribution < 1.29 is 0 Å². The molecule has 1 aromatic carbocycles. The van der Waals surface area contributed by atoms with Crippen LogP contribution in [0.5, 0.6) is 0 Å². The summed E-state index contributed by atoms with van der Waals surface area (Å²) in [6, 6.07) is 2.25. The van der Waals surface area contributed by atoms with E-state index in [0.717, 1.165) is 11.4 Å². The first-order valence-corrected chi connectivity index (χ1v) is 12.1. The monoisotopic (exact) mass is 406 g/mol. The lowest BCUT2D eigenvalue weighted by Crippen LogP contribution is -2.19. The Bertz CT molecular complexity index is 595. The van der Waals surface area contributed by atoms with Crippen molar-refractivity contribution in [2.24, 2.45) is 10.8 Å². The number of halogens is 1. The smallest absolute Gasteiger partial charge is 0.0467 e. The van der Waals surface area contributed by atoms with E-state index >= 15 is 0 Å². The number of hydrogen-bond acceptors (Lipinski definition) is 0. The highest BCUT2D eigenvalue weighted by molar-refractivity contribution is 6.32. The zero-order valence-corrected chi connectivity index (χ0v) is 21.0. The van der Waals surface area contributed by atoms with Crippen LogP contribution in [0.3, 0.4) is 0 Å². The molecule has 1 aromatic rings. The average Bonchev–Trinajstić information content (AvgIpc) is 2.61. The lowest BCUT2D eigenvalue weighted by atomic mass is 9.74. The number of unbranched alkanes of at least 4 members (excludes halogenated alkanes) is 5. The van der Waals surface area contributed by atoms with Crippen molar-refractivity contribution in [2.75, 3.05) is 0 Å². The molecule has 0 aliphatic heterocycles. The summed E-state index contributed by atoms with van der Waals surface area (Å²) in [4.78, 5) is 0. The SMILES string of the molecule is CCCCCCCCC(C)(C)CCC(C)(C)CCc1c(C)cc(C)c(Cl)c1C. The molecule has 1 heteroatoms. The van der Waals surface area contributed by atoms with E-state index < -0.39 is 0 Å². The molecule has 0 atom stereocenters. The molecular formula is C27H47Cl. The van der Waals surface area contributed by atoms with Gasteiger partial charge >= 0.3 is 0 Å². The molecule has 28 heavy (non-hydrogen) atoms. The molecule has 0 amide bonds. The quantitative estimate of drug-likeness (QED) is 0.286. The van der Waals surface area contributed by atoms with Gasteiger partial charge in [-0.15, -0.1) is 0 Å². The summed E-state index contributed by atoms with van der Waals surface area (Å²) < 4.78 is 0. The highest BCUT2D eigenvalue weighted by Gasteiger charge is 2.24. The predicted molar refractivity (Wildman–Crippen MR) is 129 cm³/mol. The largest absolute Gasteiger partial charge is 0.0838 e. The summed E-state index contributed by atoms with van der Waals surface area (Å²) in [7, 11) is 0. The van der Waals surface area contributed by atoms with Gasteiger partial charge in [0.05, 0.1) is 0 Å². The van der Waals surface area contributed by atoms with Crippen molar-refractivity contribution in [2.45, 2.75) is 126 Å². The van der Waals surface area contributed by atoms with Gasteiger partial charge in [-0.25, -0.2) is 0 Å². The van der Waals surface area contributed by atoms with E-state index in [1.54, 1.807) is 0 Å². The Morgan fingerprint density at radius 2 is 1.25 bits per heavy atom. The number of benzene rings is 1. The Labute approximate surface area is 181 Å². The minimum Gasteiger partial charge on any atom is -0.0838 e. The number of hydrogen-bond donors (Lipinski definition) is 0. The first kappa shape index (κ1) is 25.5. The third kappa shape index (κ3) is 8.89. The van der Waals surface area contributed by atoms with E-state index in [0.29, 0.717) is 10.8 Å². The van der Waals surface area contributed by atoms with Crippen LogP contribution in [0.15, 0.2) is 6.07 Å². The van der Waals surface area contributed by atoms with Crippen molar-refractivity contribution in [3.63, 3.8) is 0 Å². The standard InChI is InChI=1S/C27H47Cl/c1-9-10-11-12-13-14-16-26(5,6)18-19-27(7,8)17-15-24-21(2)20-22(3)25(28)23(24)4/h20H,9-19H2,1-8H3. The fraction of sp³-hybridized carbons (Fsp3) is 0.778. The maximum atomic E-state index is 6.51. The number of rotatable bonds is 13. The molecule has 162 valence electrons. The second-order valence-corrected chi connectivity index (χ2v) is 11.2. The van der Waals surface area contributed by atoms with Crippen LogP contribution in [0.1, 0.15) is 121 Å². The normalized spacial score (nSPS) is 12.6. The third-order valence-electron chi connectivity index (χ3n) is 6.77. The number of aryl methyl sites for hydroxylation is 2. The van der Waals surface area contributed by atoms with Gasteiger partial charge in [-0.3, -0.25) is 0 Å². The van der Waals surface area contributed by atoms with Crippen LogP contribution < -0.4 is 0 Å². The minimum atomic E-state index is 0.384. The van der Waals surface area contributed by atoms with Crippen LogP contribution in [0, 0.1) is 31.6 Å². The Kier molecular flexibility index (Phi) is 10.6. The van der Waals surface area contributed by atoms with Crippen LogP contribution >= 0.6 is 11.6 Å². The molecule has 0 fully saturated rings. The molecule has 0 unspecified atom stereocenters. The Balaban J connectivity index is 2.48. The average molecular weight is 407 g/mol. The molecule has 0 heterocycles. The van der Waals surface area contributed by atoms with Gasteiger partial charge in [-0.1, -0.05) is 90.8 Å². The van der Waals surface area contributed by atoms with Crippen LogP contribution in [-0.4, -0.2) is 0 Å². The second kappa shape index (κ2) is 11.6. The molecule has 0 spiro atoms. The van der Waals surface area contributed by atoms with Gasteiger partial charge in [0.25, 0.3) is 0 Å². The third-order valence-corrected chi connectivity index (χ3v) is 7.36. The van der Waals surface area contributed by atoms with E-state index in [4.69, 9.17) is 11.6 Å². The zero-order valence-electron chi connectivity index (χ0n) is 20.2. The van der Waals surface area contributed by atoms with Gasteiger partial charge < -0.3 is 0 Å². The minimum absolute atomic E-state index is 0.384. The highest BCUT2D eigenvalue weighted by atomic mass is 35.5. The van der Waals surface area contributed by atoms with Gasteiger partial charge in [0.2, 0.25) is 0 Å². The molecular weight excluding hydrogens is 360 g/mol. The van der Waals surface area contributed by atoms with Crippen LogP contribution in [0.25, 0.3) is 0 Å². The molecule has 0 nitrogen and oxygen atoms in total. The fourth-order valence-corrected chi connectivity index (χ4v) is 4.53. The zero-order chi connectivity index (χ0) is 21.4. The van der Waals surface area contributed by atoms with Gasteiger partial charge in [-0.2, -0.15) is 0 Å². The van der Waals surface area contributed by atoms with Gasteiger partial charge in [0, 0.05) is 5.02 Å². The second-order valence-electron chi connectivity index (χ2n) is 10.8. The molecule has 0 aliphatic rings. The molecule has 0 radical (unpaired) electrons. The summed E-state index contributed by atoms with van der Waals surface area (Å²) in [5.74, 6) is 0. The summed E-state index contributed by atoms with van der Waals surface area (Å²) in [5.41, 5.74) is 6.22. The van der Waals surface area contributed by atoms with Crippen LogP contribution in [-0.2, 0) is 6.42 Å². The lowest BCUT2D eigenvalue weighted by Gasteiger charge is -2.32. The van der Waals surface area contributed by atoms with Crippen molar-refractivity contribution in [1.29, 1.82) is 0 Å². The van der Waals surface area contributed by atoms with Crippen LogP contribution in [0.4, 0.5) is 0 Å². The van der Waals surface area contributed by atoms with Crippen molar-refractivity contribution in [3.8, 4) is 0 Å². The molecule has 0 saturated carbocycles. The molecule has 0 bridgehead atoms.